The summed E-state index contributed by atoms with van der Waals surface area (Å²) in [6.07, 6.45) is 1.80. The molecule has 3 N–H and O–H groups in total. The summed E-state index contributed by atoms with van der Waals surface area (Å²) in [7, 11) is 0. The van der Waals surface area contributed by atoms with Crippen LogP contribution in [0.4, 0.5) is 0 Å². The van der Waals surface area contributed by atoms with Gasteiger partial charge in [0.1, 0.15) is 0 Å². The van der Waals surface area contributed by atoms with E-state index in [-0.39, 0.29) is 17.9 Å². The predicted octanol–water partition coefficient (Wildman–Crippen LogP) is 2.17. The molecule has 1 amide bonds. The van der Waals surface area contributed by atoms with Crippen molar-refractivity contribution in [2.75, 3.05) is 0 Å². The van der Waals surface area contributed by atoms with Crippen LogP contribution in [0.3, 0.4) is 0 Å². The lowest BCUT2D eigenvalue weighted by Gasteiger charge is -2.20. The smallest absolute Gasteiger partial charge is 0.237 e. The second kappa shape index (κ2) is 6.77. The molecule has 1 aromatic heterocycles. The third-order valence-electron chi connectivity index (χ3n) is 3.04. The van der Waals surface area contributed by atoms with E-state index in [9.17, 15) is 4.79 Å². The number of thiophene rings is 1. The summed E-state index contributed by atoms with van der Waals surface area (Å²) in [6, 6.07) is 3.85. The van der Waals surface area contributed by atoms with Crippen molar-refractivity contribution >= 4 is 17.2 Å². The summed E-state index contributed by atoms with van der Waals surface area (Å²) in [5, 5.41) is 5.03. The minimum absolute atomic E-state index is 0.0385. The summed E-state index contributed by atoms with van der Waals surface area (Å²) in [4.78, 5) is 13.1. The van der Waals surface area contributed by atoms with Crippen molar-refractivity contribution in [3.8, 4) is 0 Å². The van der Waals surface area contributed by atoms with E-state index < -0.39 is 6.04 Å². The lowest BCUT2D eigenvalue weighted by atomic mass is 9.99. The van der Waals surface area contributed by atoms with Gasteiger partial charge in [0.25, 0.3) is 0 Å². The monoisotopic (exact) mass is 254 g/mol. The Balaban J connectivity index is 2.40. The van der Waals surface area contributed by atoms with Crippen molar-refractivity contribution in [1.29, 1.82) is 0 Å². The molecule has 0 saturated heterocycles. The number of hydrogen-bond acceptors (Lipinski definition) is 3. The molecular formula is C13H22N2OS. The SMILES string of the molecule is CCC(C)[C@H](N)C(=O)NC(C)Cc1cccs1. The van der Waals surface area contributed by atoms with Gasteiger partial charge in [0.2, 0.25) is 5.91 Å². The van der Waals surface area contributed by atoms with Crippen LogP contribution in [0.25, 0.3) is 0 Å². The van der Waals surface area contributed by atoms with E-state index >= 15 is 0 Å². The molecule has 0 aliphatic carbocycles. The van der Waals surface area contributed by atoms with Gasteiger partial charge in [-0.2, -0.15) is 0 Å². The Kier molecular flexibility index (Phi) is 5.65. The van der Waals surface area contributed by atoms with E-state index in [0.717, 1.165) is 12.8 Å². The van der Waals surface area contributed by atoms with Gasteiger partial charge in [-0.25, -0.2) is 0 Å². The first-order valence-corrected chi connectivity index (χ1v) is 7.00. The first-order valence-electron chi connectivity index (χ1n) is 6.13. The van der Waals surface area contributed by atoms with E-state index in [0.29, 0.717) is 0 Å². The van der Waals surface area contributed by atoms with E-state index in [1.54, 1.807) is 11.3 Å². The zero-order chi connectivity index (χ0) is 12.8. The van der Waals surface area contributed by atoms with Crippen LogP contribution in [0.1, 0.15) is 32.1 Å². The largest absolute Gasteiger partial charge is 0.352 e. The van der Waals surface area contributed by atoms with Crippen molar-refractivity contribution in [3.05, 3.63) is 22.4 Å². The topological polar surface area (TPSA) is 55.1 Å². The lowest BCUT2D eigenvalue weighted by molar-refractivity contribution is -0.124. The maximum atomic E-state index is 11.8. The average molecular weight is 254 g/mol. The standard InChI is InChI=1S/C13H22N2OS/c1-4-9(2)12(14)13(16)15-10(3)8-11-6-5-7-17-11/h5-7,9-10,12H,4,8,14H2,1-3H3,(H,15,16)/t9?,10?,12-/m0/s1. The Morgan fingerprint density at radius 2 is 2.24 bits per heavy atom. The van der Waals surface area contributed by atoms with E-state index in [2.05, 4.69) is 16.8 Å². The Labute approximate surface area is 107 Å². The third kappa shape index (κ3) is 4.48. The molecule has 3 nitrogen and oxygen atoms in total. The molecule has 0 spiro atoms. The number of nitrogens with two attached hydrogens (primary N) is 1. The zero-order valence-corrected chi connectivity index (χ0v) is 11.6. The molecule has 0 fully saturated rings. The van der Waals surface area contributed by atoms with Gasteiger partial charge in [-0.05, 0) is 24.3 Å². The summed E-state index contributed by atoms with van der Waals surface area (Å²) < 4.78 is 0. The molecule has 0 aliphatic heterocycles. The van der Waals surface area contributed by atoms with Crippen LogP contribution in [0.15, 0.2) is 17.5 Å². The molecule has 96 valence electrons. The summed E-state index contributed by atoms with van der Waals surface area (Å²) in [5.41, 5.74) is 5.88. The molecular weight excluding hydrogens is 232 g/mol. The molecule has 4 heteroatoms. The number of rotatable bonds is 6. The molecule has 2 unspecified atom stereocenters. The molecule has 1 aromatic rings. The summed E-state index contributed by atoms with van der Waals surface area (Å²) in [6.45, 7) is 6.07. The molecule has 0 saturated carbocycles. The summed E-state index contributed by atoms with van der Waals surface area (Å²) in [5.74, 6) is 0.187. The first kappa shape index (κ1) is 14.2. The lowest BCUT2D eigenvalue weighted by Crippen LogP contribution is -2.48. The van der Waals surface area contributed by atoms with E-state index in [1.807, 2.05) is 26.8 Å². The van der Waals surface area contributed by atoms with Crippen molar-refractivity contribution < 1.29 is 4.79 Å². The number of carbonyl (C=O) groups is 1. The fourth-order valence-corrected chi connectivity index (χ4v) is 2.47. The van der Waals surface area contributed by atoms with Gasteiger partial charge in [-0.1, -0.05) is 26.3 Å². The van der Waals surface area contributed by atoms with Gasteiger partial charge in [0.15, 0.2) is 0 Å². The maximum Gasteiger partial charge on any atom is 0.237 e. The second-order valence-electron chi connectivity index (χ2n) is 4.60. The highest BCUT2D eigenvalue weighted by Gasteiger charge is 2.20. The molecule has 17 heavy (non-hydrogen) atoms. The van der Waals surface area contributed by atoms with Crippen molar-refractivity contribution in [1.82, 2.24) is 5.32 Å². The van der Waals surface area contributed by atoms with E-state index in [4.69, 9.17) is 5.73 Å². The summed E-state index contributed by atoms with van der Waals surface area (Å²) >= 11 is 1.71. The molecule has 1 rings (SSSR count). The van der Waals surface area contributed by atoms with Gasteiger partial charge in [-0.3, -0.25) is 4.79 Å². The molecule has 0 bridgehead atoms. The molecule has 3 atom stereocenters. The van der Waals surface area contributed by atoms with Crippen LogP contribution < -0.4 is 11.1 Å². The quantitative estimate of drug-likeness (QED) is 0.817. The van der Waals surface area contributed by atoms with Crippen LogP contribution in [0.5, 0.6) is 0 Å². The Morgan fingerprint density at radius 1 is 1.53 bits per heavy atom. The highest BCUT2D eigenvalue weighted by molar-refractivity contribution is 7.09. The van der Waals surface area contributed by atoms with Crippen molar-refractivity contribution in [3.63, 3.8) is 0 Å². The Hall–Kier alpha value is -0.870. The van der Waals surface area contributed by atoms with Crippen LogP contribution in [-0.2, 0) is 11.2 Å². The van der Waals surface area contributed by atoms with Gasteiger partial charge in [-0.15, -0.1) is 11.3 Å². The number of amides is 1. The van der Waals surface area contributed by atoms with Crippen LogP contribution in [-0.4, -0.2) is 18.0 Å². The molecule has 0 radical (unpaired) electrons. The number of carbonyl (C=O) groups excluding carboxylic acids is 1. The number of hydrogen-bond donors (Lipinski definition) is 2. The molecule has 0 aliphatic rings. The minimum atomic E-state index is -0.397. The fourth-order valence-electron chi connectivity index (χ4n) is 1.63. The van der Waals surface area contributed by atoms with Crippen LogP contribution in [0, 0.1) is 5.92 Å². The van der Waals surface area contributed by atoms with Crippen LogP contribution in [0.2, 0.25) is 0 Å². The zero-order valence-electron chi connectivity index (χ0n) is 10.8. The highest BCUT2D eigenvalue weighted by atomic mass is 32.1. The molecule has 1 heterocycles. The fraction of sp³-hybridized carbons (Fsp3) is 0.615. The third-order valence-corrected chi connectivity index (χ3v) is 3.93. The second-order valence-corrected chi connectivity index (χ2v) is 5.64. The van der Waals surface area contributed by atoms with E-state index in [1.165, 1.54) is 4.88 Å². The molecule has 0 aromatic carbocycles. The predicted molar refractivity (Wildman–Crippen MR) is 73.1 cm³/mol. The van der Waals surface area contributed by atoms with Crippen molar-refractivity contribution in [2.45, 2.75) is 45.7 Å². The van der Waals surface area contributed by atoms with Gasteiger partial charge < -0.3 is 11.1 Å². The first-order chi connectivity index (χ1) is 8.04. The van der Waals surface area contributed by atoms with Gasteiger partial charge in [0.05, 0.1) is 6.04 Å². The Morgan fingerprint density at radius 3 is 2.76 bits per heavy atom. The Bertz CT molecular complexity index is 337. The number of nitrogens with one attached hydrogen (secondary N) is 1. The highest BCUT2D eigenvalue weighted by Crippen LogP contribution is 2.11. The normalized spacial score (nSPS) is 16.2. The maximum absolute atomic E-state index is 11.8. The van der Waals surface area contributed by atoms with Crippen molar-refractivity contribution in [2.24, 2.45) is 11.7 Å². The van der Waals surface area contributed by atoms with Crippen LogP contribution >= 0.6 is 11.3 Å². The minimum Gasteiger partial charge on any atom is -0.352 e. The average Bonchev–Trinajstić information content (AvgIpc) is 2.79. The van der Waals surface area contributed by atoms with Gasteiger partial charge >= 0.3 is 0 Å². The van der Waals surface area contributed by atoms with Gasteiger partial charge in [0, 0.05) is 17.3 Å².